The number of fused-ring (bicyclic) bond motifs is 1. The molecule has 2 heterocycles. The van der Waals surface area contributed by atoms with Gasteiger partial charge in [-0.2, -0.15) is 0 Å². The quantitative estimate of drug-likeness (QED) is 0.813. The van der Waals surface area contributed by atoms with Crippen LogP contribution in [0.2, 0.25) is 0 Å². The van der Waals surface area contributed by atoms with Crippen molar-refractivity contribution in [1.29, 1.82) is 0 Å². The second-order valence-corrected chi connectivity index (χ2v) is 6.85. The lowest BCUT2D eigenvalue weighted by molar-refractivity contribution is -0.361. The average Bonchev–Trinajstić information content (AvgIpc) is 2.59. The Morgan fingerprint density at radius 2 is 1.92 bits per heavy atom. The van der Waals surface area contributed by atoms with E-state index in [0.717, 1.165) is 0 Å². The second kappa shape index (κ2) is 7.40. The Balaban J connectivity index is 1.79. The summed E-state index contributed by atoms with van der Waals surface area (Å²) in [5.74, 6) is 0.0768. The van der Waals surface area contributed by atoms with E-state index in [9.17, 15) is 9.90 Å². The van der Waals surface area contributed by atoms with Crippen molar-refractivity contribution >= 4 is 5.91 Å². The number of rotatable bonds is 4. The highest BCUT2D eigenvalue weighted by Crippen LogP contribution is 2.33. The minimum Gasteiger partial charge on any atom is -0.497 e. The first kappa shape index (κ1) is 18.9. The van der Waals surface area contributed by atoms with Gasteiger partial charge in [-0.25, -0.2) is 0 Å². The van der Waals surface area contributed by atoms with Gasteiger partial charge in [0.15, 0.2) is 5.79 Å². The molecule has 5 atom stereocenters. The Morgan fingerprint density at radius 1 is 1.27 bits per heavy atom. The summed E-state index contributed by atoms with van der Waals surface area (Å²) in [5.41, 5.74) is 0. The zero-order valence-electron chi connectivity index (χ0n) is 15.3. The third-order valence-electron chi connectivity index (χ3n) is 4.37. The van der Waals surface area contributed by atoms with Crippen molar-refractivity contribution in [3.8, 4) is 11.5 Å². The Labute approximate surface area is 152 Å². The SMILES string of the molecule is COc1ccc(O[C@H]2O[C@@H]3COC(C)(C)O[C@@H]3[C@H](O)[C@@H]2NC(C)=O)cc1. The number of amides is 1. The van der Waals surface area contributed by atoms with Crippen LogP contribution in [0.3, 0.4) is 0 Å². The van der Waals surface area contributed by atoms with Gasteiger partial charge in [0, 0.05) is 6.92 Å². The van der Waals surface area contributed by atoms with Crippen LogP contribution >= 0.6 is 0 Å². The number of hydrogen-bond donors (Lipinski definition) is 2. The molecule has 2 fully saturated rings. The lowest BCUT2D eigenvalue weighted by atomic mass is 9.95. The molecule has 0 saturated carbocycles. The van der Waals surface area contributed by atoms with Crippen molar-refractivity contribution in [1.82, 2.24) is 5.32 Å². The molecule has 2 aliphatic rings. The molecule has 144 valence electrons. The first-order valence-corrected chi connectivity index (χ1v) is 8.52. The number of aliphatic hydroxyl groups is 1. The van der Waals surface area contributed by atoms with Gasteiger partial charge in [0.05, 0.1) is 13.7 Å². The Morgan fingerprint density at radius 3 is 2.54 bits per heavy atom. The Bertz CT molecular complexity index is 633. The highest BCUT2D eigenvalue weighted by Gasteiger charge is 2.52. The minimum absolute atomic E-state index is 0.254. The predicted molar refractivity (Wildman–Crippen MR) is 90.8 cm³/mol. The molecule has 2 N–H and O–H groups in total. The van der Waals surface area contributed by atoms with E-state index in [-0.39, 0.29) is 12.5 Å². The summed E-state index contributed by atoms with van der Waals surface area (Å²) >= 11 is 0. The van der Waals surface area contributed by atoms with E-state index in [1.807, 2.05) is 0 Å². The number of nitrogens with one attached hydrogen (secondary N) is 1. The first-order valence-electron chi connectivity index (χ1n) is 8.52. The van der Waals surface area contributed by atoms with Gasteiger partial charge in [-0.1, -0.05) is 0 Å². The van der Waals surface area contributed by atoms with E-state index >= 15 is 0 Å². The second-order valence-electron chi connectivity index (χ2n) is 6.85. The summed E-state index contributed by atoms with van der Waals surface area (Å²) in [6.07, 6.45) is -3.04. The van der Waals surface area contributed by atoms with Gasteiger partial charge in [-0.3, -0.25) is 4.79 Å². The van der Waals surface area contributed by atoms with Gasteiger partial charge in [-0.05, 0) is 38.1 Å². The van der Waals surface area contributed by atoms with E-state index in [1.54, 1.807) is 45.2 Å². The maximum atomic E-state index is 11.6. The van der Waals surface area contributed by atoms with Crippen LogP contribution in [0.5, 0.6) is 11.5 Å². The summed E-state index contributed by atoms with van der Waals surface area (Å²) in [4.78, 5) is 11.6. The fraction of sp³-hybridized carbons (Fsp3) is 0.611. The molecular weight excluding hydrogens is 342 g/mol. The average molecular weight is 367 g/mol. The predicted octanol–water partition coefficient (Wildman–Crippen LogP) is 0.816. The van der Waals surface area contributed by atoms with Crippen LogP contribution in [-0.2, 0) is 19.0 Å². The lowest BCUT2D eigenvalue weighted by Gasteiger charge is -2.49. The summed E-state index contributed by atoms with van der Waals surface area (Å²) in [6, 6.07) is 6.16. The van der Waals surface area contributed by atoms with Crippen LogP contribution in [0.25, 0.3) is 0 Å². The topological polar surface area (TPSA) is 95.5 Å². The van der Waals surface area contributed by atoms with Crippen LogP contribution < -0.4 is 14.8 Å². The van der Waals surface area contributed by atoms with Crippen LogP contribution in [-0.4, -0.2) is 61.2 Å². The highest BCUT2D eigenvalue weighted by molar-refractivity contribution is 5.73. The van der Waals surface area contributed by atoms with Crippen LogP contribution in [0.4, 0.5) is 0 Å². The summed E-state index contributed by atoms with van der Waals surface area (Å²) < 4.78 is 28.4. The molecule has 0 aromatic heterocycles. The van der Waals surface area contributed by atoms with Crippen molar-refractivity contribution in [2.75, 3.05) is 13.7 Å². The number of methoxy groups -OCH3 is 1. The molecule has 1 aromatic rings. The number of benzene rings is 1. The number of aliphatic hydroxyl groups excluding tert-OH is 1. The number of ether oxygens (including phenoxy) is 5. The van der Waals surface area contributed by atoms with Gasteiger partial charge in [0.1, 0.15) is 35.9 Å². The Kier molecular flexibility index (Phi) is 5.38. The van der Waals surface area contributed by atoms with Gasteiger partial charge in [-0.15, -0.1) is 0 Å². The molecule has 0 radical (unpaired) electrons. The fourth-order valence-electron chi connectivity index (χ4n) is 3.12. The number of hydrogen-bond acceptors (Lipinski definition) is 7. The molecular formula is C18H25NO7. The van der Waals surface area contributed by atoms with Gasteiger partial charge in [0.25, 0.3) is 0 Å². The molecule has 2 aliphatic heterocycles. The maximum Gasteiger partial charge on any atom is 0.223 e. The minimum atomic E-state index is -1.01. The number of carbonyl (C=O) groups excluding carboxylic acids is 1. The van der Waals surface area contributed by atoms with Gasteiger partial charge >= 0.3 is 0 Å². The summed E-state index contributed by atoms with van der Waals surface area (Å²) in [5, 5.41) is 13.5. The molecule has 0 spiro atoms. The Hall–Kier alpha value is -1.87. The van der Waals surface area contributed by atoms with E-state index < -0.39 is 36.4 Å². The van der Waals surface area contributed by atoms with Crippen molar-refractivity contribution in [2.24, 2.45) is 0 Å². The first-order chi connectivity index (χ1) is 12.3. The molecule has 1 amide bonds. The molecule has 8 heteroatoms. The smallest absolute Gasteiger partial charge is 0.223 e. The molecule has 1 aromatic carbocycles. The van der Waals surface area contributed by atoms with Crippen LogP contribution in [0.1, 0.15) is 20.8 Å². The fourth-order valence-corrected chi connectivity index (χ4v) is 3.12. The van der Waals surface area contributed by atoms with E-state index in [4.69, 9.17) is 23.7 Å². The van der Waals surface area contributed by atoms with Gasteiger partial charge < -0.3 is 34.1 Å². The summed E-state index contributed by atoms with van der Waals surface area (Å²) in [6.45, 7) is 5.16. The molecule has 26 heavy (non-hydrogen) atoms. The summed E-state index contributed by atoms with van der Waals surface area (Å²) in [7, 11) is 1.58. The van der Waals surface area contributed by atoms with Gasteiger partial charge in [0.2, 0.25) is 12.2 Å². The zero-order valence-corrected chi connectivity index (χ0v) is 15.3. The molecule has 8 nitrogen and oxygen atoms in total. The van der Waals surface area contributed by atoms with Crippen LogP contribution in [0.15, 0.2) is 24.3 Å². The lowest BCUT2D eigenvalue weighted by Crippen LogP contribution is -2.69. The van der Waals surface area contributed by atoms with Crippen molar-refractivity contribution in [3.63, 3.8) is 0 Å². The standard InChI is InChI=1S/C18H25NO7/c1-10(20)19-14-15(21)16-13(9-23-18(2,3)26-16)25-17(14)24-12-7-5-11(22-4)6-8-12/h5-8,13-17,21H,9H2,1-4H3,(H,19,20)/t13-,14+,15-,16+,17+/m1/s1. The third kappa shape index (κ3) is 4.09. The largest absolute Gasteiger partial charge is 0.497 e. The molecule has 0 aliphatic carbocycles. The highest BCUT2D eigenvalue weighted by atomic mass is 16.8. The number of carbonyl (C=O) groups is 1. The molecule has 0 unspecified atom stereocenters. The zero-order chi connectivity index (χ0) is 18.9. The normalized spacial score (nSPS) is 33.0. The maximum absolute atomic E-state index is 11.6. The molecule has 0 bridgehead atoms. The van der Waals surface area contributed by atoms with Crippen molar-refractivity contribution < 1.29 is 33.6 Å². The van der Waals surface area contributed by atoms with Crippen LogP contribution in [0, 0.1) is 0 Å². The van der Waals surface area contributed by atoms with Crippen molar-refractivity contribution in [3.05, 3.63) is 24.3 Å². The van der Waals surface area contributed by atoms with E-state index in [2.05, 4.69) is 5.32 Å². The van der Waals surface area contributed by atoms with E-state index in [0.29, 0.717) is 11.5 Å². The van der Waals surface area contributed by atoms with E-state index in [1.165, 1.54) is 6.92 Å². The molecule has 3 rings (SSSR count). The van der Waals surface area contributed by atoms with Crippen molar-refractivity contribution in [2.45, 2.75) is 57.2 Å². The molecule has 2 saturated heterocycles. The third-order valence-corrected chi connectivity index (χ3v) is 4.37. The monoisotopic (exact) mass is 367 g/mol.